The molecule has 0 radical (unpaired) electrons. The summed E-state index contributed by atoms with van der Waals surface area (Å²) in [6.07, 6.45) is -1.52. The van der Waals surface area contributed by atoms with Crippen molar-refractivity contribution in [2.45, 2.75) is 25.9 Å². The Hall–Kier alpha value is -2.02. The third-order valence-electron chi connectivity index (χ3n) is 2.31. The van der Waals surface area contributed by atoms with E-state index in [1.165, 1.54) is 24.3 Å². The second-order valence-corrected chi connectivity index (χ2v) is 3.63. The van der Waals surface area contributed by atoms with Crippen LogP contribution in [0.25, 0.3) is 0 Å². The smallest absolute Gasteiger partial charge is 0.220 e. The Labute approximate surface area is 98.9 Å². The summed E-state index contributed by atoms with van der Waals surface area (Å²) in [6.45, 7) is 1.75. The van der Waals surface area contributed by atoms with Crippen LogP contribution in [0.3, 0.4) is 0 Å². The van der Waals surface area contributed by atoms with Gasteiger partial charge in [-0.25, -0.2) is 4.39 Å². The SMILES string of the molecule is CCCC(=O)C(F)C(=O)c1ccc(C#N)cc1. The molecule has 0 saturated heterocycles. The number of nitrogens with zero attached hydrogens (tertiary/aromatic N) is 1. The maximum Gasteiger partial charge on any atom is 0.220 e. The van der Waals surface area contributed by atoms with Gasteiger partial charge in [-0.05, 0) is 30.7 Å². The largest absolute Gasteiger partial charge is 0.296 e. The van der Waals surface area contributed by atoms with Gasteiger partial charge in [-0.3, -0.25) is 9.59 Å². The van der Waals surface area contributed by atoms with Crippen molar-refractivity contribution in [1.29, 1.82) is 5.26 Å². The summed E-state index contributed by atoms with van der Waals surface area (Å²) < 4.78 is 13.5. The average molecular weight is 233 g/mol. The van der Waals surface area contributed by atoms with Crippen LogP contribution in [0.15, 0.2) is 24.3 Å². The van der Waals surface area contributed by atoms with Crippen molar-refractivity contribution in [2.75, 3.05) is 0 Å². The van der Waals surface area contributed by atoms with Crippen molar-refractivity contribution in [2.24, 2.45) is 0 Å². The summed E-state index contributed by atoms with van der Waals surface area (Å²) in [4.78, 5) is 22.8. The Kier molecular flexibility index (Phi) is 4.53. The Balaban J connectivity index is 2.82. The molecule has 1 aromatic rings. The van der Waals surface area contributed by atoms with Crippen molar-refractivity contribution < 1.29 is 14.0 Å². The van der Waals surface area contributed by atoms with E-state index in [-0.39, 0.29) is 12.0 Å². The predicted molar refractivity (Wildman–Crippen MR) is 60.3 cm³/mol. The van der Waals surface area contributed by atoms with E-state index in [1.807, 2.05) is 6.07 Å². The second kappa shape index (κ2) is 5.90. The molecule has 1 rings (SSSR count). The molecule has 17 heavy (non-hydrogen) atoms. The lowest BCUT2D eigenvalue weighted by molar-refractivity contribution is -0.122. The van der Waals surface area contributed by atoms with E-state index < -0.39 is 17.7 Å². The van der Waals surface area contributed by atoms with E-state index in [4.69, 9.17) is 5.26 Å². The number of Topliss-reactive ketones (excluding diaryl/α,β-unsaturated/α-hetero) is 2. The maximum absolute atomic E-state index is 13.5. The molecule has 0 aliphatic carbocycles. The van der Waals surface area contributed by atoms with Gasteiger partial charge in [0.2, 0.25) is 12.0 Å². The zero-order valence-electron chi connectivity index (χ0n) is 9.44. The molecule has 0 saturated carbocycles. The van der Waals surface area contributed by atoms with Crippen LogP contribution in [0.2, 0.25) is 0 Å². The van der Waals surface area contributed by atoms with E-state index >= 15 is 0 Å². The van der Waals surface area contributed by atoms with Crippen LogP contribution < -0.4 is 0 Å². The topological polar surface area (TPSA) is 57.9 Å². The molecule has 3 nitrogen and oxygen atoms in total. The fourth-order valence-corrected chi connectivity index (χ4v) is 1.37. The lowest BCUT2D eigenvalue weighted by atomic mass is 10.0. The molecule has 1 aromatic carbocycles. The Morgan fingerprint density at radius 2 is 1.94 bits per heavy atom. The molecule has 0 aromatic heterocycles. The second-order valence-electron chi connectivity index (χ2n) is 3.63. The summed E-state index contributed by atoms with van der Waals surface area (Å²) in [5.74, 6) is -1.53. The maximum atomic E-state index is 13.5. The van der Waals surface area contributed by atoms with Crippen LogP contribution >= 0.6 is 0 Å². The predicted octanol–water partition coefficient (Wildman–Crippen LogP) is 2.45. The molecule has 0 aliphatic rings. The number of hydrogen-bond acceptors (Lipinski definition) is 3. The summed E-state index contributed by atoms with van der Waals surface area (Å²) in [7, 11) is 0. The fraction of sp³-hybridized carbons (Fsp3) is 0.308. The number of alkyl halides is 1. The number of benzene rings is 1. The molecule has 0 N–H and O–H groups in total. The molecule has 0 heterocycles. The molecule has 0 spiro atoms. The van der Waals surface area contributed by atoms with E-state index in [0.717, 1.165) is 0 Å². The molecule has 1 unspecified atom stereocenters. The zero-order valence-corrected chi connectivity index (χ0v) is 9.44. The minimum atomic E-state index is -2.09. The molecule has 4 heteroatoms. The lowest BCUT2D eigenvalue weighted by Gasteiger charge is -2.05. The molecule has 0 amide bonds. The fourth-order valence-electron chi connectivity index (χ4n) is 1.37. The Bertz CT molecular complexity index is 459. The lowest BCUT2D eigenvalue weighted by Crippen LogP contribution is -2.25. The number of nitriles is 1. The number of carbonyl (C=O) groups excluding carboxylic acids is 2. The molecule has 1 atom stereocenters. The highest BCUT2D eigenvalue weighted by atomic mass is 19.1. The molecular formula is C13H12FNO2. The molecular weight excluding hydrogens is 221 g/mol. The van der Waals surface area contributed by atoms with Crippen molar-refractivity contribution in [3.8, 4) is 6.07 Å². The molecule has 0 bridgehead atoms. The normalized spacial score (nSPS) is 11.6. The summed E-state index contributed by atoms with van der Waals surface area (Å²) in [5.41, 5.74) is 0.498. The summed E-state index contributed by atoms with van der Waals surface area (Å²) in [5, 5.41) is 8.57. The van der Waals surface area contributed by atoms with E-state index in [1.54, 1.807) is 6.92 Å². The van der Waals surface area contributed by atoms with Crippen LogP contribution in [0.1, 0.15) is 35.7 Å². The minimum absolute atomic E-state index is 0.0587. The first-order chi connectivity index (χ1) is 8.10. The van der Waals surface area contributed by atoms with Crippen molar-refractivity contribution in [3.05, 3.63) is 35.4 Å². The number of ketones is 2. The highest BCUT2D eigenvalue weighted by Gasteiger charge is 2.25. The first kappa shape index (κ1) is 13.0. The number of hydrogen-bond donors (Lipinski definition) is 0. The molecule has 0 aliphatic heterocycles. The summed E-state index contributed by atoms with van der Waals surface area (Å²) in [6, 6.07) is 7.44. The van der Waals surface area contributed by atoms with Crippen LogP contribution in [0, 0.1) is 11.3 Å². The zero-order chi connectivity index (χ0) is 12.8. The standard InChI is InChI=1S/C13H12FNO2/c1-2-3-11(16)12(14)13(17)10-6-4-9(8-15)5-7-10/h4-7,12H,2-3H2,1H3. The first-order valence-corrected chi connectivity index (χ1v) is 5.31. The number of rotatable bonds is 5. The van der Waals surface area contributed by atoms with Gasteiger partial charge < -0.3 is 0 Å². The van der Waals surface area contributed by atoms with Crippen LogP contribution in [-0.2, 0) is 4.79 Å². The first-order valence-electron chi connectivity index (χ1n) is 5.31. The third kappa shape index (κ3) is 3.22. The van der Waals surface area contributed by atoms with E-state index in [2.05, 4.69) is 0 Å². The van der Waals surface area contributed by atoms with Gasteiger partial charge in [-0.15, -0.1) is 0 Å². The van der Waals surface area contributed by atoms with Gasteiger partial charge in [0.1, 0.15) is 0 Å². The van der Waals surface area contributed by atoms with Gasteiger partial charge >= 0.3 is 0 Å². The monoisotopic (exact) mass is 233 g/mol. The Morgan fingerprint density at radius 3 is 2.41 bits per heavy atom. The van der Waals surface area contributed by atoms with Gasteiger partial charge in [0, 0.05) is 12.0 Å². The van der Waals surface area contributed by atoms with Crippen LogP contribution in [0.5, 0.6) is 0 Å². The van der Waals surface area contributed by atoms with Gasteiger partial charge in [0.15, 0.2) is 5.78 Å². The molecule has 88 valence electrons. The van der Waals surface area contributed by atoms with E-state index in [0.29, 0.717) is 12.0 Å². The van der Waals surface area contributed by atoms with Crippen molar-refractivity contribution in [3.63, 3.8) is 0 Å². The van der Waals surface area contributed by atoms with Gasteiger partial charge in [0.25, 0.3) is 0 Å². The van der Waals surface area contributed by atoms with Gasteiger partial charge in [0.05, 0.1) is 11.6 Å². The quantitative estimate of drug-likeness (QED) is 0.579. The van der Waals surface area contributed by atoms with Crippen LogP contribution in [0.4, 0.5) is 4.39 Å². The van der Waals surface area contributed by atoms with Crippen LogP contribution in [-0.4, -0.2) is 17.7 Å². The Morgan fingerprint density at radius 1 is 1.35 bits per heavy atom. The highest BCUT2D eigenvalue weighted by molar-refractivity contribution is 6.13. The minimum Gasteiger partial charge on any atom is -0.296 e. The van der Waals surface area contributed by atoms with Crippen molar-refractivity contribution in [1.82, 2.24) is 0 Å². The van der Waals surface area contributed by atoms with Gasteiger partial charge in [-0.2, -0.15) is 5.26 Å². The van der Waals surface area contributed by atoms with E-state index in [9.17, 15) is 14.0 Å². The number of halogens is 1. The highest BCUT2D eigenvalue weighted by Crippen LogP contribution is 2.11. The third-order valence-corrected chi connectivity index (χ3v) is 2.31. The van der Waals surface area contributed by atoms with Gasteiger partial charge in [-0.1, -0.05) is 6.92 Å². The number of carbonyl (C=O) groups is 2. The molecule has 0 fully saturated rings. The summed E-state index contributed by atoms with van der Waals surface area (Å²) >= 11 is 0. The van der Waals surface area contributed by atoms with Crippen molar-refractivity contribution >= 4 is 11.6 Å². The average Bonchev–Trinajstić information content (AvgIpc) is 2.37.